The summed E-state index contributed by atoms with van der Waals surface area (Å²) in [6.45, 7) is 0. The normalized spacial score (nSPS) is 14.9. The lowest BCUT2D eigenvalue weighted by Crippen LogP contribution is -2.03. The molecule has 1 aliphatic rings. The minimum absolute atomic E-state index is 0.605. The molecule has 3 nitrogen and oxygen atoms in total. The highest BCUT2D eigenvalue weighted by atomic mass is 32.1. The molecule has 4 heteroatoms. The Balaban J connectivity index is 1.68. The first-order valence-corrected chi connectivity index (χ1v) is 8.00. The summed E-state index contributed by atoms with van der Waals surface area (Å²) in [7, 11) is 0. The van der Waals surface area contributed by atoms with Crippen molar-refractivity contribution in [3.8, 4) is 0 Å². The van der Waals surface area contributed by atoms with E-state index in [0.717, 1.165) is 21.6 Å². The zero-order valence-corrected chi connectivity index (χ0v) is 12.3. The number of rotatable bonds is 4. The Hall–Kier alpha value is -2.20. The van der Waals surface area contributed by atoms with Crippen LogP contribution in [0.15, 0.2) is 42.0 Å². The number of thiophene rings is 1. The average molecular weight is 293 g/mol. The fourth-order valence-corrected chi connectivity index (χ4v) is 3.20. The summed E-state index contributed by atoms with van der Waals surface area (Å²) in [6.07, 6.45) is 8.40. The minimum Gasteiger partial charge on any atom is -0.366 e. The number of hydrogen-bond donors (Lipinski definition) is 1. The number of hydrogen-bond acceptors (Lipinski definition) is 4. The van der Waals surface area contributed by atoms with Crippen LogP contribution < -0.4 is 5.32 Å². The molecule has 1 fully saturated rings. The third-order valence-electron chi connectivity index (χ3n) is 3.55. The van der Waals surface area contributed by atoms with Crippen LogP contribution in [-0.2, 0) is 0 Å². The van der Waals surface area contributed by atoms with Crippen molar-refractivity contribution in [1.82, 2.24) is 9.97 Å². The Bertz CT molecular complexity index is 788. The predicted octanol–water partition coefficient (Wildman–Crippen LogP) is 4.44. The first-order valence-electron chi connectivity index (χ1n) is 7.12. The summed E-state index contributed by atoms with van der Waals surface area (Å²) in [5.74, 6) is 0.979. The van der Waals surface area contributed by atoms with Crippen molar-refractivity contribution in [3.63, 3.8) is 0 Å². The van der Waals surface area contributed by atoms with Crippen LogP contribution >= 0.6 is 11.3 Å². The van der Waals surface area contributed by atoms with Gasteiger partial charge >= 0.3 is 0 Å². The van der Waals surface area contributed by atoms with Crippen LogP contribution in [-0.4, -0.2) is 16.0 Å². The largest absolute Gasteiger partial charge is 0.366 e. The van der Waals surface area contributed by atoms with Gasteiger partial charge in [0.1, 0.15) is 12.1 Å². The first-order chi connectivity index (χ1) is 10.4. The van der Waals surface area contributed by atoms with Gasteiger partial charge < -0.3 is 5.32 Å². The number of anilines is 1. The molecule has 0 spiro atoms. The van der Waals surface area contributed by atoms with Gasteiger partial charge in [-0.15, -0.1) is 11.3 Å². The molecule has 3 aromatic rings. The van der Waals surface area contributed by atoms with E-state index in [-0.39, 0.29) is 0 Å². The second-order valence-corrected chi connectivity index (χ2v) is 6.13. The molecule has 0 radical (unpaired) electrons. The van der Waals surface area contributed by atoms with Crippen molar-refractivity contribution in [2.24, 2.45) is 0 Å². The van der Waals surface area contributed by atoms with E-state index in [2.05, 4.69) is 44.9 Å². The quantitative estimate of drug-likeness (QED) is 0.773. The van der Waals surface area contributed by atoms with E-state index in [1.807, 2.05) is 18.2 Å². The van der Waals surface area contributed by atoms with Crippen LogP contribution in [0, 0.1) is 0 Å². The molecule has 1 N–H and O–H groups in total. The van der Waals surface area contributed by atoms with E-state index in [0.29, 0.717) is 6.04 Å². The molecule has 0 atom stereocenters. The highest BCUT2D eigenvalue weighted by molar-refractivity contribution is 7.18. The van der Waals surface area contributed by atoms with Crippen LogP contribution in [0.1, 0.15) is 24.0 Å². The first kappa shape index (κ1) is 12.5. The van der Waals surface area contributed by atoms with E-state index in [4.69, 9.17) is 0 Å². The zero-order valence-electron chi connectivity index (χ0n) is 11.5. The molecule has 1 aromatic carbocycles. The molecule has 4 rings (SSSR count). The summed E-state index contributed by atoms with van der Waals surface area (Å²) in [6, 6.07) is 10.9. The zero-order chi connectivity index (χ0) is 14.1. The standard InChI is InChI=1S/C17H15N3S/c1-2-4-12(5-3-1)6-7-13-10-21-16-15(13)18-11-19-17(16)20-14-8-9-14/h1-7,10-11,14H,8-9H2,(H,18,19,20)/b7-6+. The number of nitrogens with one attached hydrogen (secondary N) is 1. The maximum Gasteiger partial charge on any atom is 0.147 e. The summed E-state index contributed by atoms with van der Waals surface area (Å²) < 4.78 is 1.15. The maximum absolute atomic E-state index is 4.45. The van der Waals surface area contributed by atoms with Gasteiger partial charge in [-0.1, -0.05) is 42.5 Å². The van der Waals surface area contributed by atoms with Gasteiger partial charge in [0.15, 0.2) is 0 Å². The van der Waals surface area contributed by atoms with Crippen molar-refractivity contribution in [3.05, 3.63) is 53.2 Å². The summed E-state index contributed by atoms with van der Waals surface area (Å²) in [4.78, 5) is 8.83. The number of benzene rings is 1. The van der Waals surface area contributed by atoms with Crippen molar-refractivity contribution in [2.75, 3.05) is 5.32 Å². The van der Waals surface area contributed by atoms with Crippen LogP contribution in [0.2, 0.25) is 0 Å². The molecule has 0 saturated heterocycles. The molecular weight excluding hydrogens is 278 g/mol. The Morgan fingerprint density at radius 1 is 1.10 bits per heavy atom. The molecule has 0 aliphatic heterocycles. The smallest absolute Gasteiger partial charge is 0.147 e. The minimum atomic E-state index is 0.605. The molecule has 2 aromatic heterocycles. The summed E-state index contributed by atoms with van der Waals surface area (Å²) >= 11 is 1.71. The van der Waals surface area contributed by atoms with Crippen molar-refractivity contribution < 1.29 is 0 Å². The topological polar surface area (TPSA) is 37.8 Å². The van der Waals surface area contributed by atoms with Crippen LogP contribution in [0.5, 0.6) is 0 Å². The molecule has 1 aliphatic carbocycles. The molecule has 21 heavy (non-hydrogen) atoms. The van der Waals surface area contributed by atoms with Gasteiger partial charge in [-0.3, -0.25) is 0 Å². The lowest BCUT2D eigenvalue weighted by Gasteiger charge is -2.03. The molecule has 1 saturated carbocycles. The second kappa shape index (κ2) is 5.30. The number of aromatic nitrogens is 2. The van der Waals surface area contributed by atoms with E-state index in [9.17, 15) is 0 Å². The van der Waals surface area contributed by atoms with Crippen molar-refractivity contribution in [1.29, 1.82) is 0 Å². The molecular formula is C17H15N3S. The Morgan fingerprint density at radius 3 is 2.76 bits per heavy atom. The van der Waals surface area contributed by atoms with E-state index in [1.54, 1.807) is 17.7 Å². The molecule has 2 heterocycles. The van der Waals surface area contributed by atoms with Crippen LogP contribution in [0.4, 0.5) is 5.82 Å². The Kier molecular flexibility index (Phi) is 3.16. The van der Waals surface area contributed by atoms with Crippen molar-refractivity contribution >= 4 is 39.5 Å². The number of nitrogens with zero attached hydrogens (tertiary/aromatic N) is 2. The van der Waals surface area contributed by atoms with Gasteiger partial charge in [0.2, 0.25) is 0 Å². The maximum atomic E-state index is 4.45. The van der Waals surface area contributed by atoms with Gasteiger partial charge in [0, 0.05) is 17.0 Å². The van der Waals surface area contributed by atoms with Gasteiger partial charge in [-0.2, -0.15) is 0 Å². The second-order valence-electron chi connectivity index (χ2n) is 5.25. The SMILES string of the molecule is C(=C\c1csc2c(NC3CC3)ncnc12)/c1ccccc1. The van der Waals surface area contributed by atoms with E-state index >= 15 is 0 Å². The molecule has 0 bridgehead atoms. The van der Waals surface area contributed by atoms with Gasteiger partial charge in [0.25, 0.3) is 0 Å². The Morgan fingerprint density at radius 2 is 1.95 bits per heavy atom. The lowest BCUT2D eigenvalue weighted by molar-refractivity contribution is 1.11. The van der Waals surface area contributed by atoms with Crippen LogP contribution in [0.25, 0.3) is 22.4 Å². The summed E-state index contributed by atoms with van der Waals surface area (Å²) in [5.41, 5.74) is 3.38. The molecule has 0 amide bonds. The van der Waals surface area contributed by atoms with Gasteiger partial charge in [-0.25, -0.2) is 9.97 Å². The van der Waals surface area contributed by atoms with Gasteiger partial charge in [0.05, 0.1) is 10.2 Å². The monoisotopic (exact) mass is 293 g/mol. The van der Waals surface area contributed by atoms with Crippen LogP contribution in [0.3, 0.4) is 0 Å². The molecule has 0 unspecified atom stereocenters. The third kappa shape index (κ3) is 2.67. The van der Waals surface area contributed by atoms with Crippen molar-refractivity contribution in [2.45, 2.75) is 18.9 Å². The predicted molar refractivity (Wildman–Crippen MR) is 89.4 cm³/mol. The fraction of sp³-hybridized carbons (Fsp3) is 0.176. The fourth-order valence-electron chi connectivity index (χ4n) is 2.26. The lowest BCUT2D eigenvalue weighted by atomic mass is 10.2. The third-order valence-corrected chi connectivity index (χ3v) is 4.55. The summed E-state index contributed by atoms with van der Waals surface area (Å²) in [5, 5.41) is 5.63. The number of fused-ring (bicyclic) bond motifs is 1. The highest BCUT2D eigenvalue weighted by Crippen LogP contribution is 2.33. The highest BCUT2D eigenvalue weighted by Gasteiger charge is 2.22. The Labute approximate surface area is 127 Å². The van der Waals surface area contributed by atoms with E-state index in [1.165, 1.54) is 18.4 Å². The molecule has 104 valence electrons. The van der Waals surface area contributed by atoms with E-state index < -0.39 is 0 Å². The average Bonchev–Trinajstić information content (AvgIpc) is 3.24. The van der Waals surface area contributed by atoms with Gasteiger partial charge in [-0.05, 0) is 18.4 Å².